The zero-order chi connectivity index (χ0) is 22.9. The maximum atomic E-state index is 12.9. The fraction of sp³-hybridized carbons (Fsp3) is 0.967. The molecule has 0 aromatic carbocycles. The van der Waals surface area contributed by atoms with Crippen molar-refractivity contribution in [2.75, 3.05) is 6.61 Å². The maximum absolute atomic E-state index is 12.9. The van der Waals surface area contributed by atoms with Gasteiger partial charge in [-0.15, -0.1) is 0 Å². The average molecular weight is 441 g/mol. The van der Waals surface area contributed by atoms with E-state index in [1.165, 1.54) is 51.4 Å². The van der Waals surface area contributed by atoms with E-state index in [9.17, 15) is 4.79 Å². The van der Waals surface area contributed by atoms with E-state index in [0.29, 0.717) is 44.9 Å². The lowest BCUT2D eigenvalue weighted by Gasteiger charge is -2.72. The molecule has 2 bridgehead atoms. The van der Waals surface area contributed by atoms with Gasteiger partial charge in [-0.1, -0.05) is 48.5 Å². The third kappa shape index (κ3) is 2.35. The lowest BCUT2D eigenvalue weighted by atomic mass is 9.31. The van der Waals surface area contributed by atoms with Crippen LogP contribution in [0.25, 0.3) is 0 Å². The van der Waals surface area contributed by atoms with E-state index in [0.717, 1.165) is 37.2 Å². The van der Waals surface area contributed by atoms with Crippen LogP contribution in [-0.4, -0.2) is 18.5 Å². The number of hydrogen-bond donors (Lipinski definition) is 0. The van der Waals surface area contributed by atoms with Crippen LogP contribution in [0.15, 0.2) is 0 Å². The molecule has 0 radical (unpaired) electrons. The Morgan fingerprint density at radius 2 is 1.47 bits per heavy atom. The first-order valence-corrected chi connectivity index (χ1v) is 14.0. The number of ether oxygens (including phenoxy) is 1. The van der Waals surface area contributed by atoms with Gasteiger partial charge in [0.15, 0.2) is 0 Å². The Morgan fingerprint density at radius 1 is 0.750 bits per heavy atom. The molecule has 0 aromatic rings. The van der Waals surface area contributed by atoms with Crippen molar-refractivity contribution in [2.24, 2.45) is 56.2 Å². The summed E-state index contributed by atoms with van der Waals surface area (Å²) in [4.78, 5) is 12.9. The summed E-state index contributed by atoms with van der Waals surface area (Å²) in [6.45, 7) is 18.6. The first-order valence-electron chi connectivity index (χ1n) is 14.0. The van der Waals surface area contributed by atoms with Gasteiger partial charge in [0.05, 0.1) is 12.7 Å². The monoisotopic (exact) mass is 440 g/mol. The zero-order valence-electron chi connectivity index (χ0n) is 22.0. The van der Waals surface area contributed by atoms with Crippen molar-refractivity contribution in [3.05, 3.63) is 0 Å². The molecular formula is C30H48O2. The summed E-state index contributed by atoms with van der Waals surface area (Å²) in [6.07, 6.45) is 13.3. The highest BCUT2D eigenvalue weighted by Gasteiger charge is 2.72. The Morgan fingerprint density at radius 3 is 2.22 bits per heavy atom. The number of rotatable bonds is 0. The quantitative estimate of drug-likeness (QED) is 0.391. The highest BCUT2D eigenvalue weighted by molar-refractivity contribution is 5.85. The van der Waals surface area contributed by atoms with Crippen LogP contribution in [0.3, 0.4) is 0 Å². The van der Waals surface area contributed by atoms with Gasteiger partial charge in [0, 0.05) is 11.8 Å². The Hall–Kier alpha value is -0.370. The van der Waals surface area contributed by atoms with Gasteiger partial charge in [0.2, 0.25) is 0 Å². The SMILES string of the molecule is CC1(C)C(=O)CC[C@@]2(C)C1CC[C@]1(C)C2CC[C@@H]2C3[C@H]4OC[C@@]3(CCC4(C)C)CC[C@]21C. The molecule has 9 atom stereocenters. The second-order valence-electron chi connectivity index (χ2n) is 15.4. The highest BCUT2D eigenvalue weighted by Crippen LogP contribution is 2.77. The molecule has 0 N–H and O–H groups in total. The largest absolute Gasteiger partial charge is 0.377 e. The van der Waals surface area contributed by atoms with E-state index in [-0.39, 0.29) is 5.41 Å². The van der Waals surface area contributed by atoms with Crippen LogP contribution in [0.4, 0.5) is 0 Å². The molecule has 5 aliphatic carbocycles. The van der Waals surface area contributed by atoms with Gasteiger partial charge in [-0.2, -0.15) is 0 Å². The lowest BCUT2D eigenvalue weighted by Crippen LogP contribution is -2.67. The van der Waals surface area contributed by atoms with Gasteiger partial charge in [-0.05, 0) is 109 Å². The summed E-state index contributed by atoms with van der Waals surface area (Å²) in [5, 5.41) is 0. The van der Waals surface area contributed by atoms with E-state index in [1.54, 1.807) is 0 Å². The van der Waals surface area contributed by atoms with Crippen molar-refractivity contribution in [1.29, 1.82) is 0 Å². The summed E-state index contributed by atoms with van der Waals surface area (Å²) in [5.74, 6) is 3.46. The average Bonchev–Trinajstić information content (AvgIpc) is 3.05. The van der Waals surface area contributed by atoms with Crippen LogP contribution >= 0.6 is 0 Å². The van der Waals surface area contributed by atoms with Gasteiger partial charge < -0.3 is 4.74 Å². The molecule has 180 valence electrons. The van der Waals surface area contributed by atoms with E-state index < -0.39 is 0 Å². The summed E-state index contributed by atoms with van der Waals surface area (Å²) in [6, 6.07) is 0. The Balaban J connectivity index is 1.40. The van der Waals surface area contributed by atoms with Crippen molar-refractivity contribution < 1.29 is 9.53 Å². The summed E-state index contributed by atoms with van der Waals surface area (Å²) >= 11 is 0. The van der Waals surface area contributed by atoms with E-state index in [2.05, 4.69) is 48.5 Å². The molecule has 6 fully saturated rings. The second kappa shape index (κ2) is 6.24. The molecule has 5 saturated carbocycles. The maximum Gasteiger partial charge on any atom is 0.138 e. The second-order valence-corrected chi connectivity index (χ2v) is 15.4. The molecule has 0 aromatic heterocycles. The highest BCUT2D eigenvalue weighted by atomic mass is 16.5. The van der Waals surface area contributed by atoms with Crippen LogP contribution in [0.1, 0.15) is 113 Å². The number of hydrogen-bond acceptors (Lipinski definition) is 2. The van der Waals surface area contributed by atoms with Crippen LogP contribution in [-0.2, 0) is 9.53 Å². The molecular weight excluding hydrogens is 392 g/mol. The molecule has 3 unspecified atom stereocenters. The molecule has 32 heavy (non-hydrogen) atoms. The smallest absolute Gasteiger partial charge is 0.138 e. The number of carbonyl (C=O) groups is 1. The number of ketones is 1. The zero-order valence-corrected chi connectivity index (χ0v) is 22.0. The normalized spacial score (nSPS) is 57.7. The van der Waals surface area contributed by atoms with Crippen LogP contribution < -0.4 is 0 Å². The minimum absolute atomic E-state index is 0.136. The molecule has 6 aliphatic rings. The van der Waals surface area contributed by atoms with Gasteiger partial charge in [0.1, 0.15) is 5.78 Å². The van der Waals surface area contributed by atoms with E-state index in [4.69, 9.17) is 4.74 Å². The topological polar surface area (TPSA) is 26.3 Å². The van der Waals surface area contributed by atoms with Crippen LogP contribution in [0.5, 0.6) is 0 Å². The molecule has 2 nitrogen and oxygen atoms in total. The van der Waals surface area contributed by atoms with Crippen LogP contribution in [0.2, 0.25) is 0 Å². The summed E-state index contributed by atoms with van der Waals surface area (Å²) < 4.78 is 6.70. The third-order valence-electron chi connectivity index (χ3n) is 13.9. The predicted molar refractivity (Wildman–Crippen MR) is 129 cm³/mol. The number of Topliss-reactive ketones (excluding diaryl/α,β-unsaturated/α-hetero) is 1. The van der Waals surface area contributed by atoms with Crippen molar-refractivity contribution in [2.45, 2.75) is 119 Å². The summed E-state index contributed by atoms with van der Waals surface area (Å²) in [5.41, 5.74) is 1.83. The van der Waals surface area contributed by atoms with Gasteiger partial charge in [-0.25, -0.2) is 0 Å². The van der Waals surface area contributed by atoms with Gasteiger partial charge in [0.25, 0.3) is 0 Å². The Kier molecular flexibility index (Phi) is 4.31. The van der Waals surface area contributed by atoms with E-state index >= 15 is 0 Å². The van der Waals surface area contributed by atoms with Gasteiger partial charge >= 0.3 is 0 Å². The molecule has 0 spiro atoms. The Labute approximate surface area is 197 Å². The molecule has 2 heteroatoms. The fourth-order valence-electron chi connectivity index (χ4n) is 11.8. The third-order valence-corrected chi connectivity index (χ3v) is 13.9. The first kappa shape index (κ1) is 22.1. The standard InChI is InChI=1S/C30H48O2/c1-25(2)14-16-30-17-15-28(6)19(23(30)24(25)32-18-30)8-9-21-27(5)12-11-22(31)26(3,4)20(27)10-13-29(21,28)7/h19-21,23-24H,8-18H2,1-7H3/t19-,20?,21?,23?,24-,27+,28-,29-,30-/m1/s1. The fourth-order valence-corrected chi connectivity index (χ4v) is 11.8. The van der Waals surface area contributed by atoms with E-state index in [1.807, 2.05) is 0 Å². The first-order chi connectivity index (χ1) is 14.8. The number of carbonyl (C=O) groups excluding carboxylic acids is 1. The molecule has 1 saturated heterocycles. The van der Waals surface area contributed by atoms with Crippen LogP contribution in [0, 0.1) is 56.2 Å². The number of fused-ring (bicyclic) bond motifs is 5. The molecule has 6 rings (SSSR count). The minimum Gasteiger partial charge on any atom is -0.377 e. The van der Waals surface area contributed by atoms with Crippen molar-refractivity contribution in [3.8, 4) is 0 Å². The molecule has 1 aliphatic heterocycles. The van der Waals surface area contributed by atoms with Crippen molar-refractivity contribution >= 4 is 5.78 Å². The van der Waals surface area contributed by atoms with Crippen molar-refractivity contribution in [1.82, 2.24) is 0 Å². The molecule has 0 amide bonds. The lowest BCUT2D eigenvalue weighted by molar-refractivity contribution is -0.239. The minimum atomic E-state index is -0.136. The summed E-state index contributed by atoms with van der Waals surface area (Å²) in [7, 11) is 0. The van der Waals surface area contributed by atoms with Crippen molar-refractivity contribution in [3.63, 3.8) is 0 Å². The molecule has 1 heterocycles. The van der Waals surface area contributed by atoms with Gasteiger partial charge in [-0.3, -0.25) is 4.79 Å². The Bertz CT molecular complexity index is 842. The predicted octanol–water partition coefficient (Wildman–Crippen LogP) is 7.45.